The lowest BCUT2D eigenvalue weighted by Gasteiger charge is -2.28. The van der Waals surface area contributed by atoms with E-state index in [-0.39, 0.29) is 30.3 Å². The van der Waals surface area contributed by atoms with Crippen LogP contribution in [0.2, 0.25) is 5.02 Å². The van der Waals surface area contributed by atoms with Crippen molar-refractivity contribution in [2.24, 2.45) is 0 Å². The van der Waals surface area contributed by atoms with Gasteiger partial charge in [-0.25, -0.2) is 0 Å². The van der Waals surface area contributed by atoms with E-state index < -0.39 is 6.04 Å². The number of anilines is 1. The van der Waals surface area contributed by atoms with Crippen molar-refractivity contribution in [1.29, 1.82) is 0 Å². The second-order valence-electron chi connectivity index (χ2n) is 8.28. The van der Waals surface area contributed by atoms with Crippen LogP contribution in [0.1, 0.15) is 24.5 Å². The Morgan fingerprint density at radius 3 is 2.71 bits per heavy atom. The number of likely N-dealkylation sites (N-methyl/N-ethyl adjacent to an activating group) is 1. The van der Waals surface area contributed by atoms with Crippen molar-refractivity contribution >= 4 is 52.3 Å². The van der Waals surface area contributed by atoms with Crippen LogP contribution in [0, 0.1) is 0 Å². The molecule has 8 heteroatoms. The number of amides is 2. The molecule has 2 unspecified atom stereocenters. The molecule has 0 spiro atoms. The Kier molecular flexibility index (Phi) is 8.42. The lowest BCUT2D eigenvalue weighted by molar-refractivity contribution is -0.128. The van der Waals surface area contributed by atoms with Crippen LogP contribution >= 0.6 is 24.0 Å². The van der Waals surface area contributed by atoms with Crippen molar-refractivity contribution in [2.45, 2.75) is 38.4 Å². The fourth-order valence-corrected chi connectivity index (χ4v) is 4.48. The number of carbonyl (C=O) groups excluding carboxylic acids is 2. The highest BCUT2D eigenvalue weighted by molar-refractivity contribution is 6.31. The summed E-state index contributed by atoms with van der Waals surface area (Å²) in [5, 5.41) is 8.46. The molecule has 2 amide bonds. The van der Waals surface area contributed by atoms with Gasteiger partial charge in [0.2, 0.25) is 11.8 Å². The third-order valence-electron chi connectivity index (χ3n) is 6.28. The monoisotopic (exact) mass is 501 g/mol. The number of nitrogens with zero attached hydrogens (tertiary/aromatic N) is 1. The van der Waals surface area contributed by atoms with Gasteiger partial charge in [0.15, 0.2) is 0 Å². The number of ether oxygens (including phenoxy) is 1. The first-order chi connectivity index (χ1) is 15.9. The number of hydrogen-bond acceptors (Lipinski definition) is 4. The summed E-state index contributed by atoms with van der Waals surface area (Å²) in [6.45, 7) is 2.08. The van der Waals surface area contributed by atoms with E-state index in [1.54, 1.807) is 26.0 Å². The second kappa shape index (κ2) is 11.1. The predicted molar refractivity (Wildman–Crippen MR) is 139 cm³/mol. The van der Waals surface area contributed by atoms with E-state index in [4.69, 9.17) is 16.3 Å². The molecule has 2 N–H and O–H groups in total. The number of benzene rings is 3. The molecule has 0 aliphatic carbocycles. The maximum absolute atomic E-state index is 13.8. The molecule has 34 heavy (non-hydrogen) atoms. The smallest absolute Gasteiger partial charge is 0.249 e. The van der Waals surface area contributed by atoms with Gasteiger partial charge in [-0.1, -0.05) is 41.9 Å². The topological polar surface area (TPSA) is 70.7 Å². The van der Waals surface area contributed by atoms with Crippen LogP contribution in [0.4, 0.5) is 5.69 Å². The minimum Gasteiger partial charge on any atom is -0.496 e. The molecule has 2 atom stereocenters. The van der Waals surface area contributed by atoms with Gasteiger partial charge in [0, 0.05) is 16.3 Å². The van der Waals surface area contributed by atoms with E-state index >= 15 is 0 Å². The molecule has 0 saturated carbocycles. The summed E-state index contributed by atoms with van der Waals surface area (Å²) in [6, 6.07) is 16.5. The normalized spacial score (nSPS) is 16.3. The highest BCUT2D eigenvalue weighted by Crippen LogP contribution is 2.34. The summed E-state index contributed by atoms with van der Waals surface area (Å²) in [7, 11) is 3.35. The van der Waals surface area contributed by atoms with Crippen molar-refractivity contribution in [3.05, 3.63) is 70.7 Å². The molecule has 0 radical (unpaired) electrons. The highest BCUT2D eigenvalue weighted by Gasteiger charge is 2.32. The van der Waals surface area contributed by atoms with Crippen LogP contribution in [-0.2, 0) is 22.6 Å². The van der Waals surface area contributed by atoms with E-state index in [1.807, 2.05) is 54.6 Å². The van der Waals surface area contributed by atoms with Gasteiger partial charge in [0.1, 0.15) is 11.8 Å². The Bertz CT molecular complexity index is 1200. The molecule has 0 saturated heterocycles. The third-order valence-corrected chi connectivity index (χ3v) is 6.51. The van der Waals surface area contributed by atoms with E-state index in [0.29, 0.717) is 30.2 Å². The summed E-state index contributed by atoms with van der Waals surface area (Å²) in [6.07, 6.45) is 1.23. The molecular weight excluding hydrogens is 473 g/mol. The molecule has 1 aliphatic heterocycles. The molecule has 1 aliphatic rings. The first kappa shape index (κ1) is 25.8. The van der Waals surface area contributed by atoms with Gasteiger partial charge >= 0.3 is 0 Å². The van der Waals surface area contributed by atoms with Crippen LogP contribution in [0.15, 0.2) is 54.6 Å². The highest BCUT2D eigenvalue weighted by atomic mass is 35.5. The Hall–Kier alpha value is -2.80. The van der Waals surface area contributed by atoms with Gasteiger partial charge in [0.05, 0.1) is 19.7 Å². The molecule has 0 bridgehead atoms. The predicted octanol–water partition coefficient (Wildman–Crippen LogP) is 4.50. The molecule has 1 heterocycles. The molecule has 6 nitrogen and oxygen atoms in total. The number of halogens is 2. The summed E-state index contributed by atoms with van der Waals surface area (Å²) < 4.78 is 5.67. The molecule has 3 aromatic rings. The number of hydrogen-bond donors (Lipinski definition) is 2. The van der Waals surface area contributed by atoms with Crippen LogP contribution in [0.25, 0.3) is 10.8 Å². The summed E-state index contributed by atoms with van der Waals surface area (Å²) in [5.74, 6) is 0.368. The zero-order valence-electron chi connectivity index (χ0n) is 19.4. The number of fused-ring (bicyclic) bond motifs is 2. The van der Waals surface area contributed by atoms with E-state index in [1.165, 1.54) is 0 Å². The lowest BCUT2D eigenvalue weighted by atomic mass is 10.0. The molecule has 180 valence electrons. The zero-order chi connectivity index (χ0) is 23.5. The standard InChI is InChI=1S/C26H28ClN3O3.ClH/c1-16(28-2)25(31)29-22-12-8-17-6-4-5-7-23(17)30(26(22)32)15-21-20-11-10-19(27)14-18(20)9-13-24(21)33-3;/h4-7,9-11,13-14,16,22,28H,8,12,15H2,1-3H3,(H,29,31);1H. The average Bonchev–Trinajstić information content (AvgIpc) is 2.95. The van der Waals surface area contributed by atoms with E-state index in [2.05, 4.69) is 10.6 Å². The minimum atomic E-state index is -0.615. The zero-order valence-corrected chi connectivity index (χ0v) is 21.0. The van der Waals surface area contributed by atoms with Gasteiger partial charge < -0.3 is 20.3 Å². The summed E-state index contributed by atoms with van der Waals surface area (Å²) in [5.41, 5.74) is 2.82. The van der Waals surface area contributed by atoms with Gasteiger partial charge in [-0.3, -0.25) is 9.59 Å². The van der Waals surface area contributed by atoms with Gasteiger partial charge in [0.25, 0.3) is 0 Å². The maximum Gasteiger partial charge on any atom is 0.249 e. The summed E-state index contributed by atoms with van der Waals surface area (Å²) >= 11 is 6.21. The molecule has 3 aromatic carbocycles. The molecular formula is C26H29Cl2N3O3. The maximum atomic E-state index is 13.8. The number of carbonyl (C=O) groups is 2. The number of aryl methyl sites for hydroxylation is 1. The fraction of sp³-hybridized carbons (Fsp3) is 0.308. The number of rotatable bonds is 6. The lowest BCUT2D eigenvalue weighted by Crippen LogP contribution is -2.52. The van der Waals surface area contributed by atoms with Crippen molar-refractivity contribution in [1.82, 2.24) is 10.6 Å². The Morgan fingerprint density at radius 1 is 1.21 bits per heavy atom. The van der Waals surface area contributed by atoms with Crippen LogP contribution in [0.3, 0.4) is 0 Å². The minimum absolute atomic E-state index is 0. The number of nitrogens with one attached hydrogen (secondary N) is 2. The molecule has 0 fully saturated rings. The van der Waals surface area contributed by atoms with Crippen LogP contribution < -0.4 is 20.3 Å². The summed E-state index contributed by atoms with van der Waals surface area (Å²) in [4.78, 5) is 28.1. The van der Waals surface area contributed by atoms with Gasteiger partial charge in [-0.15, -0.1) is 12.4 Å². The quantitative estimate of drug-likeness (QED) is 0.521. The molecule has 0 aromatic heterocycles. The Morgan fingerprint density at radius 2 is 1.97 bits per heavy atom. The Balaban J connectivity index is 0.00000324. The van der Waals surface area contributed by atoms with Crippen LogP contribution in [0.5, 0.6) is 5.75 Å². The average molecular weight is 502 g/mol. The SMILES string of the molecule is CNC(C)C(=O)NC1CCc2ccccc2N(Cc2c(OC)ccc3cc(Cl)ccc23)C1=O.Cl. The van der Waals surface area contributed by atoms with Gasteiger partial charge in [-0.2, -0.15) is 0 Å². The van der Waals surface area contributed by atoms with E-state index in [0.717, 1.165) is 27.6 Å². The second-order valence-corrected chi connectivity index (χ2v) is 8.71. The number of methoxy groups -OCH3 is 1. The first-order valence-electron chi connectivity index (χ1n) is 11.0. The van der Waals surface area contributed by atoms with Crippen molar-refractivity contribution in [3.8, 4) is 5.75 Å². The van der Waals surface area contributed by atoms with Crippen molar-refractivity contribution < 1.29 is 14.3 Å². The van der Waals surface area contributed by atoms with E-state index in [9.17, 15) is 9.59 Å². The third kappa shape index (κ3) is 5.14. The Labute approximate surface area is 211 Å². The first-order valence-corrected chi connectivity index (χ1v) is 11.4. The molecule has 4 rings (SSSR count). The van der Waals surface area contributed by atoms with Crippen molar-refractivity contribution in [3.63, 3.8) is 0 Å². The largest absolute Gasteiger partial charge is 0.496 e. The van der Waals surface area contributed by atoms with Gasteiger partial charge in [-0.05, 0) is 67.4 Å². The van der Waals surface area contributed by atoms with Crippen LogP contribution in [-0.4, -0.2) is 38.1 Å². The number of para-hydroxylation sites is 1. The fourth-order valence-electron chi connectivity index (χ4n) is 4.30. The van der Waals surface area contributed by atoms with Crippen molar-refractivity contribution in [2.75, 3.05) is 19.1 Å².